The summed E-state index contributed by atoms with van der Waals surface area (Å²) in [7, 11) is -4.07. The number of piperazine rings is 1. The molecule has 142 valence electrons. The molecule has 1 unspecified atom stereocenters. The van der Waals surface area contributed by atoms with E-state index in [4.69, 9.17) is 0 Å². The first-order valence-corrected chi connectivity index (χ1v) is 9.83. The number of hydrogen-bond donors (Lipinski definition) is 2. The van der Waals surface area contributed by atoms with E-state index < -0.39 is 28.8 Å². The van der Waals surface area contributed by atoms with Crippen molar-refractivity contribution in [1.82, 2.24) is 24.5 Å². The number of halogens is 3. The Kier molecular flexibility index (Phi) is 5.37. The zero-order chi connectivity index (χ0) is 18.1. The number of nitrogens with one attached hydrogen (secondary N) is 2. The molecular formula is C14H22F3N5O2S. The summed E-state index contributed by atoms with van der Waals surface area (Å²) in [6, 6.07) is -1.85. The number of fused-ring (bicyclic) bond motifs is 1. The zero-order valence-corrected chi connectivity index (χ0v) is 14.5. The number of alkyl halides is 3. The van der Waals surface area contributed by atoms with Crippen LogP contribution in [0.15, 0.2) is 11.2 Å². The second kappa shape index (κ2) is 7.22. The van der Waals surface area contributed by atoms with E-state index in [-0.39, 0.29) is 18.1 Å². The Balaban J connectivity index is 1.71. The number of imidazole rings is 1. The summed E-state index contributed by atoms with van der Waals surface area (Å²) < 4.78 is 68.7. The highest BCUT2D eigenvalue weighted by Gasteiger charge is 2.44. The first-order chi connectivity index (χ1) is 11.8. The van der Waals surface area contributed by atoms with Crippen LogP contribution in [0.1, 0.15) is 18.7 Å². The topological polar surface area (TPSA) is 79.3 Å². The molecule has 1 atom stereocenters. The SMILES string of the molecule is O=S(=O)(NCC(N1CCNCC1)C(F)(F)F)c1cn2c(n1)CCCC2. The third kappa shape index (κ3) is 4.33. The third-order valence-electron chi connectivity index (χ3n) is 4.60. The number of rotatable bonds is 5. The van der Waals surface area contributed by atoms with E-state index in [1.165, 1.54) is 11.1 Å². The normalized spacial score (nSPS) is 21.1. The van der Waals surface area contributed by atoms with Crippen molar-refractivity contribution < 1.29 is 21.6 Å². The molecule has 7 nitrogen and oxygen atoms in total. The van der Waals surface area contributed by atoms with E-state index in [9.17, 15) is 21.6 Å². The van der Waals surface area contributed by atoms with Crippen LogP contribution in [0.3, 0.4) is 0 Å². The summed E-state index contributed by atoms with van der Waals surface area (Å²) in [6.07, 6.45) is -0.544. The van der Waals surface area contributed by atoms with Gasteiger partial charge >= 0.3 is 6.18 Å². The van der Waals surface area contributed by atoms with E-state index in [1.54, 1.807) is 4.57 Å². The second-order valence-corrected chi connectivity index (χ2v) is 8.05. The largest absolute Gasteiger partial charge is 0.405 e. The van der Waals surface area contributed by atoms with E-state index in [0.717, 1.165) is 12.8 Å². The van der Waals surface area contributed by atoms with E-state index >= 15 is 0 Å². The highest BCUT2D eigenvalue weighted by Crippen LogP contribution is 2.25. The van der Waals surface area contributed by atoms with Gasteiger partial charge < -0.3 is 9.88 Å². The van der Waals surface area contributed by atoms with Crippen LogP contribution < -0.4 is 10.0 Å². The lowest BCUT2D eigenvalue weighted by Crippen LogP contribution is -2.57. The fourth-order valence-electron chi connectivity index (χ4n) is 3.22. The fourth-order valence-corrected chi connectivity index (χ4v) is 4.24. The third-order valence-corrected chi connectivity index (χ3v) is 5.89. The Labute approximate surface area is 144 Å². The van der Waals surface area contributed by atoms with E-state index in [1.807, 2.05) is 0 Å². The van der Waals surface area contributed by atoms with Crippen molar-refractivity contribution in [2.24, 2.45) is 0 Å². The molecule has 0 saturated carbocycles. The van der Waals surface area contributed by atoms with Crippen LogP contribution >= 0.6 is 0 Å². The van der Waals surface area contributed by atoms with Crippen LogP contribution in [0.25, 0.3) is 0 Å². The maximum Gasteiger partial charge on any atom is 0.405 e. The van der Waals surface area contributed by atoms with E-state index in [2.05, 4.69) is 15.0 Å². The van der Waals surface area contributed by atoms with Crippen LogP contribution in [-0.2, 0) is 23.0 Å². The average molecular weight is 381 g/mol. The Morgan fingerprint density at radius 3 is 2.60 bits per heavy atom. The van der Waals surface area contributed by atoms with Gasteiger partial charge in [-0.2, -0.15) is 13.2 Å². The highest BCUT2D eigenvalue weighted by atomic mass is 32.2. The molecule has 3 rings (SSSR count). The molecular weight excluding hydrogens is 359 g/mol. The molecule has 1 fully saturated rings. The fraction of sp³-hybridized carbons (Fsp3) is 0.786. The monoisotopic (exact) mass is 381 g/mol. The predicted molar refractivity (Wildman–Crippen MR) is 84.6 cm³/mol. The van der Waals surface area contributed by atoms with Crippen molar-refractivity contribution in [3.8, 4) is 0 Å². The molecule has 11 heteroatoms. The summed E-state index contributed by atoms with van der Waals surface area (Å²) >= 11 is 0. The molecule has 1 aromatic rings. The highest BCUT2D eigenvalue weighted by molar-refractivity contribution is 7.89. The maximum atomic E-state index is 13.4. The van der Waals surface area contributed by atoms with Crippen LogP contribution in [0.2, 0.25) is 0 Å². The van der Waals surface area contributed by atoms with Crippen molar-refractivity contribution in [3.05, 3.63) is 12.0 Å². The molecule has 0 spiro atoms. The smallest absolute Gasteiger partial charge is 0.333 e. The van der Waals surface area contributed by atoms with Gasteiger partial charge in [0.15, 0.2) is 5.03 Å². The van der Waals surface area contributed by atoms with Crippen molar-refractivity contribution in [1.29, 1.82) is 0 Å². The Morgan fingerprint density at radius 1 is 1.24 bits per heavy atom. The van der Waals surface area contributed by atoms with Gasteiger partial charge in [-0.15, -0.1) is 0 Å². The Morgan fingerprint density at radius 2 is 1.96 bits per heavy atom. The molecule has 2 aliphatic rings. The van der Waals surface area contributed by atoms with Gasteiger partial charge in [0.1, 0.15) is 11.9 Å². The summed E-state index contributed by atoms with van der Waals surface area (Å²) in [5.41, 5.74) is 0. The minimum atomic E-state index is -4.51. The number of hydrogen-bond acceptors (Lipinski definition) is 5. The van der Waals surface area contributed by atoms with Gasteiger partial charge in [-0.3, -0.25) is 4.90 Å². The number of sulfonamides is 1. The Bertz CT molecular complexity index is 674. The van der Waals surface area contributed by atoms with Gasteiger partial charge in [-0.25, -0.2) is 18.1 Å². The lowest BCUT2D eigenvalue weighted by molar-refractivity contribution is -0.182. The number of nitrogens with zero attached hydrogens (tertiary/aromatic N) is 3. The number of aromatic nitrogens is 2. The van der Waals surface area contributed by atoms with Crippen LogP contribution in [0.4, 0.5) is 13.2 Å². The average Bonchev–Trinajstić information content (AvgIpc) is 3.00. The molecule has 1 saturated heterocycles. The summed E-state index contributed by atoms with van der Waals surface area (Å²) in [5.74, 6) is 0.668. The van der Waals surface area contributed by atoms with Crippen LogP contribution in [0, 0.1) is 0 Å². The quantitative estimate of drug-likeness (QED) is 0.769. The molecule has 3 heterocycles. The summed E-state index contributed by atoms with van der Waals surface area (Å²) in [4.78, 5) is 5.34. The molecule has 0 aliphatic carbocycles. The standard InChI is InChI=1S/C14H22F3N5O2S/c15-14(16,17)11(21-7-4-18-5-8-21)9-19-25(23,24)13-10-22-6-2-1-3-12(22)20-13/h10-11,18-19H,1-9H2. The molecule has 25 heavy (non-hydrogen) atoms. The van der Waals surface area contributed by atoms with Crippen molar-refractivity contribution >= 4 is 10.0 Å². The zero-order valence-electron chi connectivity index (χ0n) is 13.7. The van der Waals surface area contributed by atoms with Gasteiger partial charge in [-0.1, -0.05) is 0 Å². The van der Waals surface area contributed by atoms with Crippen molar-refractivity contribution in [2.45, 2.75) is 43.1 Å². The minimum Gasteiger partial charge on any atom is -0.333 e. The molecule has 0 aromatic carbocycles. The molecule has 1 aromatic heterocycles. The molecule has 2 N–H and O–H groups in total. The lowest BCUT2D eigenvalue weighted by Gasteiger charge is -2.35. The van der Waals surface area contributed by atoms with Gasteiger partial charge in [0, 0.05) is 51.9 Å². The molecule has 0 bridgehead atoms. The summed E-state index contributed by atoms with van der Waals surface area (Å²) in [5, 5.41) is 2.78. The molecule has 0 amide bonds. The lowest BCUT2D eigenvalue weighted by atomic mass is 10.2. The van der Waals surface area contributed by atoms with Gasteiger partial charge in [-0.05, 0) is 12.8 Å². The van der Waals surface area contributed by atoms with E-state index in [0.29, 0.717) is 31.9 Å². The molecule has 2 aliphatic heterocycles. The first-order valence-electron chi connectivity index (χ1n) is 8.34. The van der Waals surface area contributed by atoms with Gasteiger partial charge in [0.2, 0.25) is 0 Å². The second-order valence-electron chi connectivity index (χ2n) is 6.34. The Hall–Kier alpha value is -1.17. The molecule has 0 radical (unpaired) electrons. The van der Waals surface area contributed by atoms with Gasteiger partial charge in [0.25, 0.3) is 10.0 Å². The predicted octanol–water partition coefficient (Wildman–Crippen LogP) is 0.334. The van der Waals surface area contributed by atoms with Crippen molar-refractivity contribution in [3.63, 3.8) is 0 Å². The van der Waals surface area contributed by atoms with Crippen LogP contribution in [0.5, 0.6) is 0 Å². The first kappa shape index (κ1) is 18.6. The summed E-state index contributed by atoms with van der Waals surface area (Å²) in [6.45, 7) is 1.33. The van der Waals surface area contributed by atoms with Crippen LogP contribution in [-0.4, -0.2) is 67.8 Å². The van der Waals surface area contributed by atoms with Gasteiger partial charge in [0.05, 0.1) is 0 Å². The maximum absolute atomic E-state index is 13.4. The minimum absolute atomic E-state index is 0.203. The number of aryl methyl sites for hydroxylation is 2. The van der Waals surface area contributed by atoms with Crippen molar-refractivity contribution in [2.75, 3.05) is 32.7 Å².